The monoisotopic (exact) mass is 384 g/mol. The van der Waals surface area contributed by atoms with E-state index in [1.54, 1.807) is 54.6 Å². The maximum atomic E-state index is 12.5. The zero-order valence-corrected chi connectivity index (χ0v) is 14.7. The van der Waals surface area contributed by atoms with Gasteiger partial charge in [-0.1, -0.05) is 52.3 Å². The number of carbonyl (C=O) groups excluding carboxylic acids is 2. The van der Waals surface area contributed by atoms with Gasteiger partial charge in [0, 0.05) is 15.7 Å². The SMILES string of the molecule is C/C=C/C=C(\NC(=O)c1ccccc1)C(=O)Nc1cccc(Br)c1. The molecule has 0 atom stereocenters. The molecule has 0 aliphatic rings. The maximum absolute atomic E-state index is 12.5. The van der Waals surface area contributed by atoms with Crippen molar-refractivity contribution in [3.63, 3.8) is 0 Å². The second-order valence-corrected chi connectivity index (χ2v) is 5.81. The number of hydrogen-bond donors (Lipinski definition) is 2. The summed E-state index contributed by atoms with van der Waals surface area (Å²) in [4.78, 5) is 24.7. The van der Waals surface area contributed by atoms with Crippen molar-refractivity contribution in [3.8, 4) is 0 Å². The van der Waals surface area contributed by atoms with Gasteiger partial charge < -0.3 is 10.6 Å². The second kappa shape index (κ2) is 8.84. The molecule has 0 unspecified atom stereocenters. The molecule has 0 saturated heterocycles. The molecule has 2 aromatic carbocycles. The molecule has 0 heterocycles. The van der Waals surface area contributed by atoms with Gasteiger partial charge in [0.2, 0.25) is 0 Å². The summed E-state index contributed by atoms with van der Waals surface area (Å²) >= 11 is 3.36. The van der Waals surface area contributed by atoms with Crippen molar-refractivity contribution in [1.29, 1.82) is 0 Å². The van der Waals surface area contributed by atoms with E-state index in [1.165, 1.54) is 0 Å². The summed E-state index contributed by atoms with van der Waals surface area (Å²) in [5.74, 6) is -0.730. The van der Waals surface area contributed by atoms with Crippen LogP contribution in [0.2, 0.25) is 0 Å². The Morgan fingerprint density at radius 1 is 1.04 bits per heavy atom. The molecule has 2 aromatic rings. The summed E-state index contributed by atoms with van der Waals surface area (Å²) in [5.41, 5.74) is 1.29. The standard InChI is InChI=1S/C19H17BrN2O2/c1-2-3-12-17(22-18(23)14-8-5-4-6-9-14)19(24)21-16-11-7-10-15(20)13-16/h2-13H,1H3,(H,21,24)(H,22,23)/b3-2+,17-12-. The van der Waals surface area contributed by atoms with Crippen LogP contribution in [0, 0.1) is 0 Å². The average Bonchev–Trinajstić information content (AvgIpc) is 2.59. The van der Waals surface area contributed by atoms with Crippen LogP contribution in [0.4, 0.5) is 5.69 Å². The number of allylic oxidation sites excluding steroid dienone is 3. The lowest BCUT2D eigenvalue weighted by atomic mass is 10.2. The highest BCUT2D eigenvalue weighted by molar-refractivity contribution is 9.10. The number of anilines is 1. The smallest absolute Gasteiger partial charge is 0.272 e. The van der Waals surface area contributed by atoms with Crippen LogP contribution in [-0.4, -0.2) is 11.8 Å². The van der Waals surface area contributed by atoms with Crippen LogP contribution in [0.3, 0.4) is 0 Å². The number of carbonyl (C=O) groups is 2. The summed E-state index contributed by atoms with van der Waals surface area (Å²) in [6, 6.07) is 16.0. The van der Waals surface area contributed by atoms with E-state index in [1.807, 2.05) is 25.1 Å². The van der Waals surface area contributed by atoms with E-state index in [4.69, 9.17) is 0 Å². The Labute approximate surface area is 149 Å². The zero-order chi connectivity index (χ0) is 17.4. The molecule has 2 rings (SSSR count). The van der Waals surface area contributed by atoms with Crippen molar-refractivity contribution >= 4 is 33.4 Å². The molecule has 0 fully saturated rings. The van der Waals surface area contributed by atoms with Crippen molar-refractivity contribution in [1.82, 2.24) is 5.32 Å². The van der Waals surface area contributed by atoms with E-state index >= 15 is 0 Å². The summed E-state index contributed by atoms with van der Waals surface area (Å²) in [5, 5.41) is 5.41. The minimum Gasteiger partial charge on any atom is -0.321 e. The topological polar surface area (TPSA) is 58.2 Å². The molecular formula is C19H17BrN2O2. The number of rotatable bonds is 5. The van der Waals surface area contributed by atoms with E-state index in [9.17, 15) is 9.59 Å². The molecule has 2 N–H and O–H groups in total. The molecular weight excluding hydrogens is 368 g/mol. The van der Waals surface area contributed by atoms with Gasteiger partial charge in [-0.15, -0.1) is 0 Å². The first kappa shape index (κ1) is 17.7. The van der Waals surface area contributed by atoms with E-state index in [-0.39, 0.29) is 11.6 Å². The number of amides is 2. The highest BCUT2D eigenvalue weighted by Crippen LogP contribution is 2.16. The molecule has 0 spiro atoms. The third kappa shape index (κ3) is 5.21. The minimum atomic E-state index is -0.393. The van der Waals surface area contributed by atoms with Crippen LogP contribution in [0.25, 0.3) is 0 Å². The van der Waals surface area contributed by atoms with Crippen LogP contribution >= 0.6 is 15.9 Å². The van der Waals surface area contributed by atoms with Gasteiger partial charge >= 0.3 is 0 Å². The fourth-order valence-electron chi connectivity index (χ4n) is 1.92. The number of benzene rings is 2. The van der Waals surface area contributed by atoms with Crippen LogP contribution in [0.15, 0.2) is 83.0 Å². The Kier molecular flexibility index (Phi) is 6.51. The minimum absolute atomic E-state index is 0.168. The van der Waals surface area contributed by atoms with Crippen LogP contribution < -0.4 is 10.6 Å². The Hall–Kier alpha value is -2.66. The Bertz CT molecular complexity index is 783. The lowest BCUT2D eigenvalue weighted by Crippen LogP contribution is -2.30. The number of hydrogen-bond acceptors (Lipinski definition) is 2. The molecule has 0 aromatic heterocycles. The molecule has 5 heteroatoms. The lowest BCUT2D eigenvalue weighted by molar-refractivity contribution is -0.113. The highest BCUT2D eigenvalue weighted by Gasteiger charge is 2.14. The fourth-order valence-corrected chi connectivity index (χ4v) is 2.31. The molecule has 0 aliphatic heterocycles. The van der Waals surface area contributed by atoms with Gasteiger partial charge in [-0.25, -0.2) is 0 Å². The van der Waals surface area contributed by atoms with Gasteiger partial charge in [0.25, 0.3) is 11.8 Å². The Morgan fingerprint density at radius 2 is 1.79 bits per heavy atom. The normalized spacial score (nSPS) is 11.3. The molecule has 0 aliphatic carbocycles. The second-order valence-electron chi connectivity index (χ2n) is 4.89. The van der Waals surface area contributed by atoms with Crippen molar-refractivity contribution in [2.75, 3.05) is 5.32 Å². The molecule has 0 bridgehead atoms. The summed E-state index contributed by atoms with van der Waals surface area (Å²) < 4.78 is 0.854. The van der Waals surface area contributed by atoms with Gasteiger partial charge in [0.15, 0.2) is 0 Å². The van der Waals surface area contributed by atoms with Crippen LogP contribution in [-0.2, 0) is 4.79 Å². The summed E-state index contributed by atoms with van der Waals surface area (Å²) in [7, 11) is 0. The van der Waals surface area contributed by atoms with Crippen molar-refractivity contribution in [2.45, 2.75) is 6.92 Å². The summed E-state index contributed by atoms with van der Waals surface area (Å²) in [6.07, 6.45) is 5.04. The first-order valence-corrected chi connectivity index (χ1v) is 8.15. The average molecular weight is 385 g/mol. The predicted octanol–water partition coefficient (Wildman–Crippen LogP) is 4.28. The van der Waals surface area contributed by atoms with Gasteiger partial charge in [0.1, 0.15) is 5.70 Å². The molecule has 122 valence electrons. The van der Waals surface area contributed by atoms with E-state index in [0.29, 0.717) is 11.3 Å². The quantitative estimate of drug-likeness (QED) is 0.596. The van der Waals surface area contributed by atoms with Crippen LogP contribution in [0.5, 0.6) is 0 Å². The van der Waals surface area contributed by atoms with Crippen molar-refractivity contribution in [3.05, 3.63) is 88.6 Å². The largest absolute Gasteiger partial charge is 0.321 e. The summed E-state index contributed by atoms with van der Waals surface area (Å²) in [6.45, 7) is 1.83. The van der Waals surface area contributed by atoms with Gasteiger partial charge in [-0.3, -0.25) is 9.59 Å². The fraction of sp³-hybridized carbons (Fsp3) is 0.0526. The van der Waals surface area contributed by atoms with E-state index in [2.05, 4.69) is 26.6 Å². The van der Waals surface area contributed by atoms with E-state index in [0.717, 1.165) is 4.47 Å². The Morgan fingerprint density at radius 3 is 2.46 bits per heavy atom. The highest BCUT2D eigenvalue weighted by atomic mass is 79.9. The first-order chi connectivity index (χ1) is 11.6. The van der Waals surface area contributed by atoms with E-state index < -0.39 is 5.91 Å². The lowest BCUT2D eigenvalue weighted by Gasteiger charge is -2.11. The Balaban J connectivity index is 2.16. The zero-order valence-electron chi connectivity index (χ0n) is 13.1. The molecule has 24 heavy (non-hydrogen) atoms. The van der Waals surface area contributed by atoms with Gasteiger partial charge in [-0.05, 0) is 43.3 Å². The number of halogens is 1. The first-order valence-electron chi connectivity index (χ1n) is 7.36. The third-order valence-electron chi connectivity index (χ3n) is 3.07. The van der Waals surface area contributed by atoms with Crippen molar-refractivity contribution < 1.29 is 9.59 Å². The van der Waals surface area contributed by atoms with Crippen molar-refractivity contribution in [2.24, 2.45) is 0 Å². The molecule has 0 saturated carbocycles. The maximum Gasteiger partial charge on any atom is 0.272 e. The van der Waals surface area contributed by atoms with Crippen LogP contribution in [0.1, 0.15) is 17.3 Å². The van der Waals surface area contributed by atoms with Gasteiger partial charge in [0.05, 0.1) is 0 Å². The number of nitrogens with one attached hydrogen (secondary N) is 2. The predicted molar refractivity (Wildman–Crippen MR) is 99.6 cm³/mol. The van der Waals surface area contributed by atoms with Gasteiger partial charge in [-0.2, -0.15) is 0 Å². The third-order valence-corrected chi connectivity index (χ3v) is 3.56. The molecule has 4 nitrogen and oxygen atoms in total. The molecule has 0 radical (unpaired) electrons. The molecule has 2 amide bonds.